The van der Waals surface area contributed by atoms with Crippen LogP contribution in [-0.2, 0) is 0 Å². The Kier molecular flexibility index (Phi) is 4.81. The predicted molar refractivity (Wildman–Crippen MR) is 88.9 cm³/mol. The maximum atomic E-state index is 4.65. The molecule has 0 aliphatic carbocycles. The van der Waals surface area contributed by atoms with Gasteiger partial charge in [-0.2, -0.15) is 4.98 Å². The van der Waals surface area contributed by atoms with Crippen LogP contribution in [0.15, 0.2) is 6.07 Å². The Morgan fingerprint density at radius 2 is 2.00 bits per heavy atom. The highest BCUT2D eigenvalue weighted by molar-refractivity contribution is 7.18. The van der Waals surface area contributed by atoms with Crippen molar-refractivity contribution in [1.82, 2.24) is 9.97 Å². The van der Waals surface area contributed by atoms with Gasteiger partial charge in [-0.15, -0.1) is 11.3 Å². The van der Waals surface area contributed by atoms with Gasteiger partial charge in [0.15, 0.2) is 0 Å². The zero-order valence-electron chi connectivity index (χ0n) is 12.9. The van der Waals surface area contributed by atoms with Crippen LogP contribution in [0.5, 0.6) is 0 Å². The topological polar surface area (TPSA) is 49.8 Å². The molecule has 5 heteroatoms. The lowest BCUT2D eigenvalue weighted by Crippen LogP contribution is -2.22. The van der Waals surface area contributed by atoms with Gasteiger partial charge in [0.25, 0.3) is 0 Å². The van der Waals surface area contributed by atoms with Gasteiger partial charge in [0.05, 0.1) is 5.39 Å². The van der Waals surface area contributed by atoms with Crippen LogP contribution in [0.1, 0.15) is 39.0 Å². The van der Waals surface area contributed by atoms with Crippen LogP contribution in [0.3, 0.4) is 0 Å². The van der Waals surface area contributed by atoms with Gasteiger partial charge in [-0.1, -0.05) is 20.8 Å². The standard InChI is InChI=1S/C15H24N4S/c1-6-7-16-15-18-13(17-11(5)9(2)3)12-8-10(4)20-14(12)19-15/h8-9,11H,6-7H2,1-5H3,(H2,16,17,18,19). The fourth-order valence-corrected chi connectivity index (χ4v) is 2.73. The molecule has 0 fully saturated rings. The molecule has 0 spiro atoms. The summed E-state index contributed by atoms with van der Waals surface area (Å²) in [5, 5.41) is 7.94. The third-order valence-corrected chi connectivity index (χ3v) is 4.36. The van der Waals surface area contributed by atoms with Gasteiger partial charge < -0.3 is 10.6 Å². The smallest absolute Gasteiger partial charge is 0.226 e. The largest absolute Gasteiger partial charge is 0.367 e. The predicted octanol–water partition coefficient (Wildman–Crippen LogP) is 4.28. The molecule has 2 aromatic heterocycles. The Balaban J connectivity index is 2.38. The first-order valence-corrected chi connectivity index (χ1v) is 8.11. The summed E-state index contributed by atoms with van der Waals surface area (Å²) in [6, 6.07) is 2.55. The van der Waals surface area contributed by atoms with Gasteiger partial charge in [0, 0.05) is 17.5 Å². The van der Waals surface area contributed by atoms with Crippen molar-refractivity contribution in [2.75, 3.05) is 17.2 Å². The molecule has 2 aromatic rings. The molecule has 110 valence electrons. The number of nitrogens with one attached hydrogen (secondary N) is 2. The zero-order valence-corrected chi connectivity index (χ0v) is 13.8. The molecule has 0 aliphatic heterocycles. The molecule has 0 amide bonds. The van der Waals surface area contributed by atoms with E-state index in [2.05, 4.69) is 61.3 Å². The fourth-order valence-electron chi connectivity index (χ4n) is 1.85. The average Bonchev–Trinajstić information content (AvgIpc) is 2.76. The van der Waals surface area contributed by atoms with E-state index in [0.29, 0.717) is 12.0 Å². The summed E-state index contributed by atoms with van der Waals surface area (Å²) in [7, 11) is 0. The minimum absolute atomic E-state index is 0.382. The van der Waals surface area contributed by atoms with Crippen LogP contribution in [0.4, 0.5) is 11.8 Å². The molecular formula is C15H24N4S. The van der Waals surface area contributed by atoms with Crippen molar-refractivity contribution in [1.29, 1.82) is 0 Å². The van der Waals surface area contributed by atoms with Crippen LogP contribution in [0.25, 0.3) is 10.2 Å². The van der Waals surface area contributed by atoms with Crippen LogP contribution in [-0.4, -0.2) is 22.6 Å². The number of hydrogen-bond acceptors (Lipinski definition) is 5. The first-order valence-electron chi connectivity index (χ1n) is 7.29. The van der Waals surface area contributed by atoms with Crippen molar-refractivity contribution >= 4 is 33.3 Å². The summed E-state index contributed by atoms with van der Waals surface area (Å²) in [6.45, 7) is 11.8. The number of rotatable bonds is 6. The summed E-state index contributed by atoms with van der Waals surface area (Å²) in [5.74, 6) is 2.23. The zero-order chi connectivity index (χ0) is 14.7. The maximum Gasteiger partial charge on any atom is 0.226 e. The molecule has 1 atom stereocenters. The monoisotopic (exact) mass is 292 g/mol. The van der Waals surface area contributed by atoms with E-state index in [1.54, 1.807) is 11.3 Å². The van der Waals surface area contributed by atoms with E-state index < -0.39 is 0 Å². The number of aryl methyl sites for hydroxylation is 1. The van der Waals surface area contributed by atoms with Crippen molar-refractivity contribution in [3.63, 3.8) is 0 Å². The molecule has 0 saturated carbocycles. The number of aromatic nitrogens is 2. The molecule has 0 radical (unpaired) electrons. The van der Waals surface area contributed by atoms with Crippen LogP contribution in [0, 0.1) is 12.8 Å². The van der Waals surface area contributed by atoms with Crippen molar-refractivity contribution in [2.24, 2.45) is 5.92 Å². The van der Waals surface area contributed by atoms with Crippen molar-refractivity contribution < 1.29 is 0 Å². The second-order valence-corrected chi connectivity index (χ2v) is 6.81. The summed E-state index contributed by atoms with van der Waals surface area (Å²) in [5.41, 5.74) is 0. The minimum atomic E-state index is 0.382. The van der Waals surface area contributed by atoms with E-state index in [4.69, 9.17) is 0 Å². The Labute approximate surface area is 125 Å². The second-order valence-electron chi connectivity index (χ2n) is 5.58. The lowest BCUT2D eigenvalue weighted by Gasteiger charge is -2.19. The number of thiophene rings is 1. The van der Waals surface area contributed by atoms with Crippen molar-refractivity contribution in [2.45, 2.75) is 47.1 Å². The van der Waals surface area contributed by atoms with E-state index in [-0.39, 0.29) is 0 Å². The van der Waals surface area contributed by atoms with Gasteiger partial charge in [0.1, 0.15) is 10.6 Å². The molecule has 2 heterocycles. The third kappa shape index (κ3) is 3.39. The number of fused-ring (bicyclic) bond motifs is 1. The SMILES string of the molecule is CCCNc1nc(NC(C)C(C)C)c2cc(C)sc2n1. The highest BCUT2D eigenvalue weighted by Crippen LogP contribution is 2.30. The summed E-state index contributed by atoms with van der Waals surface area (Å²) < 4.78 is 0. The molecule has 0 saturated heterocycles. The highest BCUT2D eigenvalue weighted by atomic mass is 32.1. The van der Waals surface area contributed by atoms with Gasteiger partial charge >= 0.3 is 0 Å². The normalized spacial score (nSPS) is 12.9. The Morgan fingerprint density at radius 3 is 2.65 bits per heavy atom. The van der Waals surface area contributed by atoms with E-state index in [1.807, 2.05) is 0 Å². The summed E-state index contributed by atoms with van der Waals surface area (Å²) >= 11 is 1.72. The minimum Gasteiger partial charge on any atom is -0.367 e. The number of anilines is 2. The number of nitrogens with zero attached hydrogens (tertiary/aromatic N) is 2. The molecule has 0 bridgehead atoms. The average molecular weight is 292 g/mol. The van der Waals surface area contributed by atoms with Crippen molar-refractivity contribution in [3.8, 4) is 0 Å². The second kappa shape index (κ2) is 6.39. The maximum absolute atomic E-state index is 4.65. The quantitative estimate of drug-likeness (QED) is 0.834. The molecule has 1 unspecified atom stereocenters. The number of hydrogen-bond donors (Lipinski definition) is 2. The van der Waals surface area contributed by atoms with Gasteiger partial charge in [-0.25, -0.2) is 4.98 Å². The molecule has 0 aliphatic rings. The van der Waals surface area contributed by atoms with E-state index >= 15 is 0 Å². The Morgan fingerprint density at radius 1 is 1.25 bits per heavy atom. The molecule has 2 N–H and O–H groups in total. The Bertz CT molecular complexity index is 577. The van der Waals surface area contributed by atoms with E-state index in [1.165, 1.54) is 4.88 Å². The van der Waals surface area contributed by atoms with Gasteiger partial charge in [-0.3, -0.25) is 0 Å². The third-order valence-electron chi connectivity index (χ3n) is 3.41. The Hall–Kier alpha value is -1.36. The lowest BCUT2D eigenvalue weighted by atomic mass is 10.1. The lowest BCUT2D eigenvalue weighted by molar-refractivity contribution is 0.559. The van der Waals surface area contributed by atoms with Gasteiger partial charge in [-0.05, 0) is 32.3 Å². The van der Waals surface area contributed by atoms with Crippen LogP contribution >= 0.6 is 11.3 Å². The molecular weight excluding hydrogens is 268 g/mol. The summed E-state index contributed by atoms with van der Waals surface area (Å²) in [6.07, 6.45) is 1.07. The first kappa shape index (κ1) is 15.0. The molecule has 4 nitrogen and oxygen atoms in total. The van der Waals surface area contributed by atoms with Gasteiger partial charge in [0.2, 0.25) is 5.95 Å². The fraction of sp³-hybridized carbons (Fsp3) is 0.600. The molecule has 0 aromatic carbocycles. The molecule has 2 rings (SSSR count). The highest BCUT2D eigenvalue weighted by Gasteiger charge is 2.14. The van der Waals surface area contributed by atoms with E-state index in [0.717, 1.165) is 34.9 Å². The first-order chi connectivity index (χ1) is 9.51. The van der Waals surface area contributed by atoms with Crippen LogP contribution in [0.2, 0.25) is 0 Å². The van der Waals surface area contributed by atoms with Crippen LogP contribution < -0.4 is 10.6 Å². The van der Waals surface area contributed by atoms with E-state index in [9.17, 15) is 0 Å². The molecule has 20 heavy (non-hydrogen) atoms. The summed E-state index contributed by atoms with van der Waals surface area (Å²) in [4.78, 5) is 11.6. The van der Waals surface area contributed by atoms with Crippen molar-refractivity contribution in [3.05, 3.63) is 10.9 Å².